The van der Waals surface area contributed by atoms with E-state index in [9.17, 15) is 4.79 Å². The highest BCUT2D eigenvalue weighted by Crippen LogP contribution is 2.39. The lowest BCUT2D eigenvalue weighted by Crippen LogP contribution is -2.25. The van der Waals surface area contributed by atoms with Crippen LogP contribution in [0.2, 0.25) is 0 Å². The number of ether oxygens (including phenoxy) is 1. The summed E-state index contributed by atoms with van der Waals surface area (Å²) in [5.41, 5.74) is -0.173. The molecule has 0 aromatic carbocycles. The van der Waals surface area contributed by atoms with Crippen LogP contribution in [0.25, 0.3) is 0 Å². The first kappa shape index (κ1) is 9.30. The maximum atomic E-state index is 10.2. The summed E-state index contributed by atoms with van der Waals surface area (Å²) in [5, 5.41) is 12.2. The third-order valence-electron chi connectivity index (χ3n) is 2.69. The molecule has 14 heavy (non-hydrogen) atoms. The van der Waals surface area contributed by atoms with Gasteiger partial charge in [0, 0.05) is 0 Å². The monoisotopic (exact) mass is 199 g/mol. The smallest absolute Gasteiger partial charge is 0.341 e. The Morgan fingerprint density at radius 1 is 1.57 bits per heavy atom. The third kappa shape index (κ3) is 1.81. The highest BCUT2D eigenvalue weighted by atomic mass is 16.7. The van der Waals surface area contributed by atoms with E-state index in [-0.39, 0.29) is 12.2 Å². The molecule has 0 radical (unpaired) electrons. The lowest BCUT2D eigenvalue weighted by atomic mass is 9.99. The van der Waals surface area contributed by atoms with Crippen molar-refractivity contribution in [1.29, 1.82) is 0 Å². The van der Waals surface area contributed by atoms with E-state index in [0.717, 1.165) is 25.7 Å². The van der Waals surface area contributed by atoms with Crippen LogP contribution in [0.15, 0.2) is 5.16 Å². The maximum Gasteiger partial charge on any atom is 0.341 e. The summed E-state index contributed by atoms with van der Waals surface area (Å²) in [6.45, 7) is -0.335. The molecule has 1 aliphatic carbocycles. The van der Waals surface area contributed by atoms with Crippen molar-refractivity contribution in [1.82, 2.24) is 0 Å². The minimum atomic E-state index is -0.986. The first-order chi connectivity index (χ1) is 6.70. The van der Waals surface area contributed by atoms with Crippen LogP contribution in [0.1, 0.15) is 32.1 Å². The molecule has 5 nitrogen and oxygen atoms in total. The number of nitrogens with zero attached hydrogens (tertiary/aromatic N) is 1. The quantitative estimate of drug-likeness (QED) is 0.723. The number of rotatable bonds is 2. The zero-order chi connectivity index (χ0) is 10.0. The van der Waals surface area contributed by atoms with Crippen molar-refractivity contribution in [2.75, 3.05) is 6.61 Å². The molecule has 0 amide bonds. The van der Waals surface area contributed by atoms with Crippen molar-refractivity contribution in [2.45, 2.75) is 37.7 Å². The SMILES string of the molecule is O=C(O)COC1=NOC2(CCCC2)C1. The standard InChI is InChI=1S/C9H13NO4/c11-8(12)6-13-7-5-9(14-10-7)3-1-2-4-9/h1-6H2,(H,11,12). The Hall–Kier alpha value is -1.26. The normalized spacial score (nSPS) is 23.3. The highest BCUT2D eigenvalue weighted by Gasteiger charge is 2.42. The summed E-state index contributed by atoms with van der Waals surface area (Å²) in [5.74, 6) is -0.561. The van der Waals surface area contributed by atoms with Crippen molar-refractivity contribution in [3.8, 4) is 0 Å². The Balaban J connectivity index is 1.83. The van der Waals surface area contributed by atoms with E-state index in [4.69, 9.17) is 14.7 Å². The molecule has 78 valence electrons. The molecule has 1 aliphatic heterocycles. The fourth-order valence-electron chi connectivity index (χ4n) is 2.00. The van der Waals surface area contributed by atoms with E-state index < -0.39 is 5.97 Å². The van der Waals surface area contributed by atoms with Gasteiger partial charge in [-0.3, -0.25) is 0 Å². The predicted molar refractivity (Wildman–Crippen MR) is 47.9 cm³/mol. The molecular formula is C9H13NO4. The topological polar surface area (TPSA) is 68.1 Å². The summed E-state index contributed by atoms with van der Waals surface area (Å²) in [4.78, 5) is 15.6. The number of carboxylic acid groups (broad SMARTS) is 1. The van der Waals surface area contributed by atoms with Gasteiger partial charge in [0.1, 0.15) is 5.60 Å². The predicted octanol–water partition coefficient (Wildman–Crippen LogP) is 1.13. The van der Waals surface area contributed by atoms with Crippen LogP contribution in [-0.4, -0.2) is 29.2 Å². The largest absolute Gasteiger partial charge is 0.479 e. The highest BCUT2D eigenvalue weighted by molar-refractivity contribution is 5.80. The molecule has 0 saturated heterocycles. The fraction of sp³-hybridized carbons (Fsp3) is 0.778. The van der Waals surface area contributed by atoms with E-state index in [1.54, 1.807) is 0 Å². The van der Waals surface area contributed by atoms with E-state index in [2.05, 4.69) is 5.16 Å². The van der Waals surface area contributed by atoms with Gasteiger partial charge in [0.2, 0.25) is 5.90 Å². The first-order valence-electron chi connectivity index (χ1n) is 4.80. The van der Waals surface area contributed by atoms with Gasteiger partial charge in [-0.05, 0) is 25.7 Å². The van der Waals surface area contributed by atoms with E-state index >= 15 is 0 Å². The van der Waals surface area contributed by atoms with Gasteiger partial charge in [-0.25, -0.2) is 4.79 Å². The van der Waals surface area contributed by atoms with E-state index in [1.165, 1.54) is 0 Å². The van der Waals surface area contributed by atoms with Gasteiger partial charge in [0.25, 0.3) is 0 Å². The molecular weight excluding hydrogens is 186 g/mol. The van der Waals surface area contributed by atoms with Gasteiger partial charge in [-0.1, -0.05) is 5.16 Å². The molecule has 0 bridgehead atoms. The summed E-state index contributed by atoms with van der Waals surface area (Å²) < 4.78 is 4.98. The number of hydrogen-bond acceptors (Lipinski definition) is 4. The molecule has 2 rings (SSSR count). The fourth-order valence-corrected chi connectivity index (χ4v) is 2.00. The molecule has 1 spiro atoms. The molecule has 0 aromatic rings. The molecule has 1 N–H and O–H groups in total. The molecule has 1 saturated carbocycles. The van der Waals surface area contributed by atoms with Crippen LogP contribution < -0.4 is 0 Å². The summed E-state index contributed by atoms with van der Waals surface area (Å²) in [6, 6.07) is 0. The van der Waals surface area contributed by atoms with Gasteiger partial charge in [0.05, 0.1) is 6.42 Å². The summed E-state index contributed by atoms with van der Waals surface area (Å²) >= 11 is 0. The second-order valence-electron chi connectivity index (χ2n) is 3.83. The van der Waals surface area contributed by atoms with Gasteiger partial charge in [0.15, 0.2) is 6.61 Å². The molecule has 0 atom stereocenters. The maximum absolute atomic E-state index is 10.2. The second kappa shape index (κ2) is 3.48. The summed E-state index contributed by atoms with van der Waals surface area (Å²) in [6.07, 6.45) is 4.93. The van der Waals surface area contributed by atoms with E-state index in [1.807, 2.05) is 0 Å². The molecule has 1 fully saturated rings. The molecule has 2 aliphatic rings. The zero-order valence-electron chi connectivity index (χ0n) is 7.86. The Bertz CT molecular complexity index is 268. The number of oxime groups is 1. The Morgan fingerprint density at radius 2 is 2.29 bits per heavy atom. The van der Waals surface area contributed by atoms with Gasteiger partial charge in [-0.2, -0.15) is 0 Å². The minimum Gasteiger partial charge on any atom is -0.479 e. The summed E-state index contributed by atoms with van der Waals surface area (Å²) in [7, 11) is 0. The average molecular weight is 199 g/mol. The number of hydrogen-bond donors (Lipinski definition) is 1. The van der Waals surface area contributed by atoms with Crippen LogP contribution in [-0.2, 0) is 14.4 Å². The minimum absolute atomic E-state index is 0.173. The molecule has 0 unspecified atom stereocenters. The molecule has 1 heterocycles. The van der Waals surface area contributed by atoms with Crippen LogP contribution in [0.4, 0.5) is 0 Å². The van der Waals surface area contributed by atoms with Crippen LogP contribution in [0, 0.1) is 0 Å². The Kier molecular flexibility index (Phi) is 2.31. The van der Waals surface area contributed by atoms with Crippen molar-refractivity contribution in [3.63, 3.8) is 0 Å². The van der Waals surface area contributed by atoms with Crippen LogP contribution >= 0.6 is 0 Å². The van der Waals surface area contributed by atoms with Gasteiger partial charge in [-0.15, -0.1) is 0 Å². The van der Waals surface area contributed by atoms with Gasteiger partial charge >= 0.3 is 5.97 Å². The Morgan fingerprint density at radius 3 is 2.93 bits per heavy atom. The third-order valence-corrected chi connectivity index (χ3v) is 2.69. The molecule has 0 aromatic heterocycles. The zero-order valence-corrected chi connectivity index (χ0v) is 7.86. The van der Waals surface area contributed by atoms with Crippen molar-refractivity contribution >= 4 is 11.9 Å². The lowest BCUT2D eigenvalue weighted by Gasteiger charge is -2.18. The van der Waals surface area contributed by atoms with Crippen molar-refractivity contribution < 1.29 is 19.5 Å². The number of carbonyl (C=O) groups is 1. The van der Waals surface area contributed by atoms with Crippen molar-refractivity contribution in [2.24, 2.45) is 5.16 Å². The number of aliphatic carboxylic acids is 1. The average Bonchev–Trinajstić information content (AvgIpc) is 2.74. The van der Waals surface area contributed by atoms with Crippen LogP contribution in [0.5, 0.6) is 0 Å². The number of carboxylic acids is 1. The second-order valence-corrected chi connectivity index (χ2v) is 3.83. The molecule has 5 heteroatoms. The first-order valence-corrected chi connectivity index (χ1v) is 4.80. The van der Waals surface area contributed by atoms with Crippen LogP contribution in [0.3, 0.4) is 0 Å². The van der Waals surface area contributed by atoms with Crippen molar-refractivity contribution in [3.05, 3.63) is 0 Å². The Labute approximate surface area is 81.7 Å². The van der Waals surface area contributed by atoms with Gasteiger partial charge < -0.3 is 14.7 Å². The lowest BCUT2D eigenvalue weighted by molar-refractivity contribution is -0.139. The van der Waals surface area contributed by atoms with E-state index in [0.29, 0.717) is 12.3 Å².